The SMILES string of the molecule is CC(=O)C(F)(F)F.N=C(N)c1ccccc1. The third-order valence-electron chi connectivity index (χ3n) is 1.48. The van der Waals surface area contributed by atoms with Crippen LogP contribution in [0.5, 0.6) is 0 Å². The van der Waals surface area contributed by atoms with Crippen LogP contribution >= 0.6 is 0 Å². The first kappa shape index (κ1) is 14.2. The quantitative estimate of drug-likeness (QED) is 0.575. The van der Waals surface area contributed by atoms with Gasteiger partial charge in [-0.1, -0.05) is 30.3 Å². The van der Waals surface area contributed by atoms with Crippen molar-refractivity contribution in [2.24, 2.45) is 5.73 Å². The van der Waals surface area contributed by atoms with Crippen LogP contribution in [0.3, 0.4) is 0 Å². The molecule has 16 heavy (non-hydrogen) atoms. The second kappa shape index (κ2) is 5.89. The van der Waals surface area contributed by atoms with Gasteiger partial charge in [-0.25, -0.2) is 0 Å². The standard InChI is InChI=1S/C7H8N2.C3H3F3O/c8-7(9)6-4-2-1-3-5-6;1-2(7)3(4,5)6/h1-5H,(H3,8,9);1H3. The Labute approximate surface area is 90.6 Å². The van der Waals surface area contributed by atoms with Crippen molar-refractivity contribution in [2.45, 2.75) is 13.1 Å². The maximum Gasteiger partial charge on any atom is 0.449 e. The Hall–Kier alpha value is -1.85. The van der Waals surface area contributed by atoms with Crippen LogP contribution in [0.25, 0.3) is 0 Å². The summed E-state index contributed by atoms with van der Waals surface area (Å²) >= 11 is 0. The van der Waals surface area contributed by atoms with Crippen LogP contribution in [-0.4, -0.2) is 17.8 Å². The van der Waals surface area contributed by atoms with Crippen LogP contribution in [0.1, 0.15) is 12.5 Å². The predicted octanol–water partition coefficient (Wildman–Crippen LogP) is 2.11. The Morgan fingerprint density at radius 1 is 1.25 bits per heavy atom. The van der Waals surface area contributed by atoms with Crippen LogP contribution in [0.15, 0.2) is 30.3 Å². The fraction of sp³-hybridized carbons (Fsp3) is 0.200. The van der Waals surface area contributed by atoms with E-state index in [9.17, 15) is 18.0 Å². The first-order valence-corrected chi connectivity index (χ1v) is 4.22. The lowest BCUT2D eigenvalue weighted by atomic mass is 10.2. The molecule has 0 aliphatic carbocycles. The molecule has 0 atom stereocenters. The minimum Gasteiger partial charge on any atom is -0.384 e. The Morgan fingerprint density at radius 2 is 1.62 bits per heavy atom. The van der Waals surface area contributed by atoms with E-state index in [1.54, 1.807) is 0 Å². The molecule has 0 bridgehead atoms. The van der Waals surface area contributed by atoms with Crippen molar-refractivity contribution in [3.05, 3.63) is 35.9 Å². The smallest absolute Gasteiger partial charge is 0.384 e. The molecule has 6 heteroatoms. The second-order valence-electron chi connectivity index (χ2n) is 2.83. The van der Waals surface area contributed by atoms with Gasteiger partial charge in [0.2, 0.25) is 5.78 Å². The lowest BCUT2D eigenvalue weighted by Gasteiger charge is -1.95. The minimum absolute atomic E-state index is 0.121. The Kier molecular flexibility index (Phi) is 5.21. The fourth-order valence-electron chi connectivity index (χ4n) is 0.618. The molecule has 0 aliphatic rings. The number of carbonyl (C=O) groups is 1. The van der Waals surface area contributed by atoms with E-state index in [1.165, 1.54) is 0 Å². The lowest BCUT2D eigenvalue weighted by molar-refractivity contribution is -0.168. The lowest BCUT2D eigenvalue weighted by Crippen LogP contribution is -2.18. The molecule has 0 saturated heterocycles. The molecule has 0 saturated carbocycles. The minimum atomic E-state index is -4.64. The molecule has 1 rings (SSSR count). The van der Waals surface area contributed by atoms with Crippen LogP contribution < -0.4 is 5.73 Å². The van der Waals surface area contributed by atoms with Gasteiger partial charge in [0.15, 0.2) is 0 Å². The van der Waals surface area contributed by atoms with E-state index in [2.05, 4.69) is 0 Å². The molecular weight excluding hydrogens is 221 g/mol. The Balaban J connectivity index is 0.000000293. The van der Waals surface area contributed by atoms with Gasteiger partial charge < -0.3 is 5.73 Å². The van der Waals surface area contributed by atoms with Gasteiger partial charge in [-0.2, -0.15) is 13.2 Å². The number of amidine groups is 1. The van der Waals surface area contributed by atoms with Crippen molar-refractivity contribution < 1.29 is 18.0 Å². The van der Waals surface area contributed by atoms with Gasteiger partial charge in [0.05, 0.1) is 0 Å². The number of nitrogens with one attached hydrogen (secondary N) is 1. The third-order valence-corrected chi connectivity index (χ3v) is 1.48. The van der Waals surface area contributed by atoms with Gasteiger partial charge >= 0.3 is 6.18 Å². The first-order valence-electron chi connectivity index (χ1n) is 4.22. The van der Waals surface area contributed by atoms with Gasteiger partial charge in [-0.15, -0.1) is 0 Å². The number of hydrogen-bond acceptors (Lipinski definition) is 2. The predicted molar refractivity (Wildman–Crippen MR) is 54.2 cm³/mol. The summed E-state index contributed by atoms with van der Waals surface area (Å²) in [6.45, 7) is 0.486. The van der Waals surface area contributed by atoms with Gasteiger partial charge in [0.25, 0.3) is 0 Å². The zero-order valence-corrected chi connectivity index (χ0v) is 8.51. The van der Waals surface area contributed by atoms with E-state index >= 15 is 0 Å². The van der Waals surface area contributed by atoms with Gasteiger partial charge in [-0.3, -0.25) is 10.2 Å². The molecule has 1 aromatic rings. The number of nitrogens with two attached hydrogens (primary N) is 1. The molecule has 0 fully saturated rings. The maximum absolute atomic E-state index is 10.8. The molecule has 0 unspecified atom stereocenters. The van der Waals surface area contributed by atoms with E-state index < -0.39 is 12.0 Å². The van der Waals surface area contributed by atoms with Crippen LogP contribution in [0, 0.1) is 5.41 Å². The summed E-state index contributed by atoms with van der Waals surface area (Å²) in [4.78, 5) is 9.34. The van der Waals surface area contributed by atoms with E-state index in [1.807, 2.05) is 30.3 Å². The largest absolute Gasteiger partial charge is 0.449 e. The summed E-state index contributed by atoms with van der Waals surface area (Å²) in [5, 5.41) is 7.01. The molecular formula is C10H11F3N2O. The summed E-state index contributed by atoms with van der Waals surface area (Å²) in [7, 11) is 0. The van der Waals surface area contributed by atoms with Gasteiger partial charge in [-0.05, 0) is 0 Å². The van der Waals surface area contributed by atoms with Crippen LogP contribution in [-0.2, 0) is 4.79 Å². The molecule has 0 aromatic heterocycles. The molecule has 0 aliphatic heterocycles. The highest BCUT2D eigenvalue weighted by Crippen LogP contribution is 2.14. The Morgan fingerprint density at radius 3 is 1.81 bits per heavy atom. The summed E-state index contributed by atoms with van der Waals surface area (Å²) in [6, 6.07) is 9.23. The normalized spacial score (nSPS) is 10.0. The molecule has 1 aromatic carbocycles. The number of ketones is 1. The van der Waals surface area contributed by atoms with Crippen LogP contribution in [0.2, 0.25) is 0 Å². The van der Waals surface area contributed by atoms with Gasteiger partial charge in [0.1, 0.15) is 5.84 Å². The number of rotatable bonds is 1. The highest BCUT2D eigenvalue weighted by atomic mass is 19.4. The summed E-state index contributed by atoms with van der Waals surface area (Å²) < 4.78 is 32.5. The summed E-state index contributed by atoms with van der Waals surface area (Å²) in [6.07, 6.45) is -4.64. The van der Waals surface area contributed by atoms with Crippen molar-refractivity contribution in [3.8, 4) is 0 Å². The number of halogens is 3. The number of carbonyl (C=O) groups excluding carboxylic acids is 1. The summed E-state index contributed by atoms with van der Waals surface area (Å²) in [5.41, 5.74) is 5.97. The molecule has 0 radical (unpaired) electrons. The van der Waals surface area contributed by atoms with Crippen molar-refractivity contribution in [1.29, 1.82) is 5.41 Å². The van der Waals surface area contributed by atoms with E-state index in [0.29, 0.717) is 6.92 Å². The zero-order valence-electron chi connectivity index (χ0n) is 8.51. The van der Waals surface area contributed by atoms with Crippen molar-refractivity contribution in [1.82, 2.24) is 0 Å². The van der Waals surface area contributed by atoms with Gasteiger partial charge in [0, 0.05) is 12.5 Å². The molecule has 0 heterocycles. The average molecular weight is 232 g/mol. The van der Waals surface area contributed by atoms with Crippen molar-refractivity contribution in [3.63, 3.8) is 0 Å². The molecule has 3 nitrogen and oxygen atoms in total. The van der Waals surface area contributed by atoms with E-state index in [4.69, 9.17) is 11.1 Å². The van der Waals surface area contributed by atoms with Crippen LogP contribution in [0.4, 0.5) is 13.2 Å². The second-order valence-corrected chi connectivity index (χ2v) is 2.83. The molecule has 0 amide bonds. The van der Waals surface area contributed by atoms with E-state index in [-0.39, 0.29) is 5.84 Å². The Bertz CT molecular complexity index is 360. The first-order chi connectivity index (χ1) is 7.25. The molecule has 3 N–H and O–H groups in total. The average Bonchev–Trinajstić information content (AvgIpc) is 2.18. The van der Waals surface area contributed by atoms with E-state index in [0.717, 1.165) is 5.56 Å². The third kappa shape index (κ3) is 5.79. The number of Topliss-reactive ketones (excluding diaryl/α,β-unsaturated/α-hetero) is 1. The number of nitrogen functional groups attached to an aromatic ring is 1. The zero-order chi connectivity index (χ0) is 12.8. The number of hydrogen-bond donors (Lipinski definition) is 2. The topological polar surface area (TPSA) is 66.9 Å². The van der Waals surface area contributed by atoms with Crippen molar-refractivity contribution >= 4 is 11.6 Å². The monoisotopic (exact) mass is 232 g/mol. The molecule has 0 spiro atoms. The number of alkyl halides is 3. The number of benzene rings is 1. The maximum atomic E-state index is 10.8. The summed E-state index contributed by atoms with van der Waals surface area (Å²) in [5.74, 6) is -1.64. The highest BCUT2D eigenvalue weighted by Gasteiger charge is 2.33. The fourth-order valence-corrected chi connectivity index (χ4v) is 0.618. The molecule has 88 valence electrons. The van der Waals surface area contributed by atoms with Crippen molar-refractivity contribution in [2.75, 3.05) is 0 Å². The highest BCUT2D eigenvalue weighted by molar-refractivity contribution is 5.94.